The third-order valence-corrected chi connectivity index (χ3v) is 5.26. The van der Waals surface area contributed by atoms with Crippen LogP contribution in [0.2, 0.25) is 0 Å². The number of amides is 1. The molecule has 0 spiro atoms. The fourth-order valence-corrected chi connectivity index (χ4v) is 3.60. The van der Waals surface area contributed by atoms with Gasteiger partial charge in [0, 0.05) is 13.3 Å². The monoisotopic (exact) mass is 387 g/mol. The molecule has 0 radical (unpaired) electrons. The molecule has 0 aliphatic carbocycles. The lowest BCUT2D eigenvalue weighted by molar-refractivity contribution is -0.122. The Kier molecular flexibility index (Phi) is 8.42. The van der Waals surface area contributed by atoms with Crippen molar-refractivity contribution in [2.75, 3.05) is 13.2 Å². The van der Waals surface area contributed by atoms with Gasteiger partial charge in [-0.3, -0.25) is 4.79 Å². The van der Waals surface area contributed by atoms with E-state index in [0.29, 0.717) is 5.56 Å². The zero-order valence-corrected chi connectivity index (χ0v) is 16.9. The molecule has 0 fully saturated rings. The number of aliphatic hydroxyl groups is 3. The maximum atomic E-state index is 11.4. The number of aliphatic hydroxyl groups excluding tert-OH is 3. The van der Waals surface area contributed by atoms with Gasteiger partial charge in [-0.2, -0.15) is 0 Å². The zero-order chi connectivity index (χ0) is 20.6. The Morgan fingerprint density at radius 1 is 1.04 bits per heavy atom. The first-order valence-corrected chi connectivity index (χ1v) is 10.1. The second-order valence-corrected chi connectivity index (χ2v) is 7.75. The largest absolute Gasteiger partial charge is 0.394 e. The molecule has 0 aliphatic heterocycles. The van der Waals surface area contributed by atoms with Gasteiger partial charge in [-0.15, -0.1) is 0 Å². The van der Waals surface area contributed by atoms with Gasteiger partial charge in [0.15, 0.2) is 0 Å². The van der Waals surface area contributed by atoms with Crippen LogP contribution in [0, 0.1) is 0 Å². The van der Waals surface area contributed by atoms with E-state index in [-0.39, 0.29) is 12.3 Å². The van der Waals surface area contributed by atoms with Crippen LogP contribution in [0.5, 0.6) is 0 Å². The van der Waals surface area contributed by atoms with Crippen molar-refractivity contribution >= 4 is 16.7 Å². The summed E-state index contributed by atoms with van der Waals surface area (Å²) >= 11 is 0. The Morgan fingerprint density at radius 2 is 1.71 bits per heavy atom. The second-order valence-electron chi connectivity index (χ2n) is 7.75. The van der Waals surface area contributed by atoms with E-state index in [9.17, 15) is 20.1 Å². The summed E-state index contributed by atoms with van der Waals surface area (Å²) in [4.78, 5) is 11.4. The number of unbranched alkanes of at least 4 members (excludes halogenated alkanes) is 3. The molecule has 5 heteroatoms. The molecule has 0 saturated carbocycles. The van der Waals surface area contributed by atoms with Gasteiger partial charge >= 0.3 is 0 Å². The summed E-state index contributed by atoms with van der Waals surface area (Å²) in [6, 6.07) is 12.2. The highest BCUT2D eigenvalue weighted by Crippen LogP contribution is 2.27. The van der Waals surface area contributed by atoms with Crippen molar-refractivity contribution in [1.29, 1.82) is 0 Å². The van der Waals surface area contributed by atoms with E-state index >= 15 is 0 Å². The predicted molar refractivity (Wildman–Crippen MR) is 112 cm³/mol. The Morgan fingerprint density at radius 3 is 2.36 bits per heavy atom. The van der Waals surface area contributed by atoms with Crippen molar-refractivity contribution in [3.63, 3.8) is 0 Å². The smallest absolute Gasteiger partial charge is 0.217 e. The predicted octanol–water partition coefficient (Wildman–Crippen LogP) is 3.25. The molecule has 2 aromatic rings. The Balaban J connectivity index is 2.13. The molecule has 0 saturated heterocycles. The molecular formula is C23H33NO4. The van der Waals surface area contributed by atoms with Gasteiger partial charge in [0.25, 0.3) is 0 Å². The number of fused-ring (bicyclic) bond motifs is 1. The van der Waals surface area contributed by atoms with Crippen LogP contribution >= 0.6 is 0 Å². The van der Waals surface area contributed by atoms with E-state index in [1.807, 2.05) is 18.2 Å². The normalized spacial score (nSPS) is 12.9. The SMILES string of the molecule is CCCCCCc1ccc2cc(C(O)CC(CO)(CO)NC(C)=O)ccc2c1. The second kappa shape index (κ2) is 10.6. The highest BCUT2D eigenvalue weighted by Gasteiger charge is 2.33. The van der Waals surface area contributed by atoms with Gasteiger partial charge in [-0.05, 0) is 40.8 Å². The quantitative estimate of drug-likeness (QED) is 0.446. The lowest BCUT2D eigenvalue weighted by Gasteiger charge is -2.32. The van der Waals surface area contributed by atoms with Crippen molar-refractivity contribution in [1.82, 2.24) is 5.32 Å². The molecule has 0 bridgehead atoms. The van der Waals surface area contributed by atoms with E-state index in [1.165, 1.54) is 38.2 Å². The molecule has 2 rings (SSSR count). The summed E-state index contributed by atoms with van der Waals surface area (Å²) in [5.74, 6) is -0.361. The standard InChI is InChI=1S/C23H33NO4/c1-3-4-5-6-7-18-8-9-20-13-21(11-10-19(20)12-18)22(28)14-23(15-25,16-26)24-17(2)27/h8-13,22,25-26,28H,3-7,14-16H2,1-2H3,(H,24,27). The zero-order valence-electron chi connectivity index (χ0n) is 16.9. The maximum absolute atomic E-state index is 11.4. The van der Waals surface area contributed by atoms with Crippen molar-refractivity contribution in [2.45, 2.75) is 64.0 Å². The van der Waals surface area contributed by atoms with E-state index in [4.69, 9.17) is 0 Å². The fraction of sp³-hybridized carbons (Fsp3) is 0.522. The average Bonchev–Trinajstić information content (AvgIpc) is 2.69. The molecule has 1 amide bonds. The van der Waals surface area contributed by atoms with Gasteiger partial charge in [-0.25, -0.2) is 0 Å². The first-order valence-electron chi connectivity index (χ1n) is 10.1. The lowest BCUT2D eigenvalue weighted by atomic mass is 9.89. The molecular weight excluding hydrogens is 354 g/mol. The molecule has 154 valence electrons. The van der Waals surface area contributed by atoms with Crippen molar-refractivity contribution in [2.24, 2.45) is 0 Å². The first kappa shape index (κ1) is 22.3. The summed E-state index contributed by atoms with van der Waals surface area (Å²) in [5, 5.41) is 34.7. The third-order valence-electron chi connectivity index (χ3n) is 5.26. The molecule has 0 aliphatic rings. The van der Waals surface area contributed by atoms with Crippen LogP contribution in [0.4, 0.5) is 0 Å². The van der Waals surface area contributed by atoms with Crippen LogP contribution in [0.25, 0.3) is 10.8 Å². The third kappa shape index (κ3) is 6.03. The van der Waals surface area contributed by atoms with E-state index in [1.54, 1.807) is 0 Å². The molecule has 1 unspecified atom stereocenters. The van der Waals surface area contributed by atoms with Crippen LogP contribution in [0.15, 0.2) is 36.4 Å². The number of benzene rings is 2. The number of rotatable bonds is 11. The van der Waals surface area contributed by atoms with Crippen molar-refractivity contribution in [3.05, 3.63) is 47.5 Å². The van der Waals surface area contributed by atoms with Crippen molar-refractivity contribution in [3.8, 4) is 0 Å². The van der Waals surface area contributed by atoms with E-state index in [2.05, 4.69) is 30.4 Å². The van der Waals surface area contributed by atoms with Crippen LogP contribution < -0.4 is 5.32 Å². The lowest BCUT2D eigenvalue weighted by Crippen LogP contribution is -2.54. The number of hydrogen-bond acceptors (Lipinski definition) is 4. The van der Waals surface area contributed by atoms with Crippen LogP contribution in [0.1, 0.15) is 63.2 Å². The summed E-state index contributed by atoms with van der Waals surface area (Å²) in [6.45, 7) is 2.63. The highest BCUT2D eigenvalue weighted by atomic mass is 16.3. The molecule has 0 heterocycles. The van der Waals surface area contributed by atoms with Gasteiger partial charge in [0.1, 0.15) is 0 Å². The molecule has 4 N–H and O–H groups in total. The first-order chi connectivity index (χ1) is 13.4. The Hall–Kier alpha value is -1.95. The molecule has 1 atom stereocenters. The topological polar surface area (TPSA) is 89.8 Å². The van der Waals surface area contributed by atoms with Gasteiger partial charge in [0.05, 0.1) is 24.9 Å². The average molecular weight is 388 g/mol. The number of nitrogens with one attached hydrogen (secondary N) is 1. The minimum absolute atomic E-state index is 0.0284. The fourth-order valence-electron chi connectivity index (χ4n) is 3.60. The number of carbonyl (C=O) groups is 1. The van der Waals surface area contributed by atoms with Crippen molar-refractivity contribution < 1.29 is 20.1 Å². The number of aryl methyl sites for hydroxylation is 1. The van der Waals surface area contributed by atoms with Gasteiger partial charge in [-0.1, -0.05) is 56.5 Å². The molecule has 2 aromatic carbocycles. The molecule has 0 aromatic heterocycles. The Labute approximate surface area is 167 Å². The van der Waals surface area contributed by atoms with Gasteiger partial charge in [0.2, 0.25) is 5.91 Å². The highest BCUT2D eigenvalue weighted by molar-refractivity contribution is 5.84. The van der Waals surface area contributed by atoms with Gasteiger partial charge < -0.3 is 20.6 Å². The maximum Gasteiger partial charge on any atom is 0.217 e. The summed E-state index contributed by atoms with van der Waals surface area (Å²) in [7, 11) is 0. The van der Waals surface area contributed by atoms with E-state index < -0.39 is 24.9 Å². The summed E-state index contributed by atoms with van der Waals surface area (Å²) in [5.41, 5.74) is 0.768. The van der Waals surface area contributed by atoms with Crippen LogP contribution in [-0.4, -0.2) is 40.0 Å². The van der Waals surface area contributed by atoms with Crippen LogP contribution in [-0.2, 0) is 11.2 Å². The Bertz CT molecular complexity index is 770. The summed E-state index contributed by atoms with van der Waals surface area (Å²) in [6.07, 6.45) is 5.15. The van der Waals surface area contributed by atoms with E-state index in [0.717, 1.165) is 17.2 Å². The minimum atomic E-state index is -1.25. The summed E-state index contributed by atoms with van der Waals surface area (Å²) < 4.78 is 0. The minimum Gasteiger partial charge on any atom is -0.394 e. The van der Waals surface area contributed by atoms with Crippen LogP contribution in [0.3, 0.4) is 0 Å². The molecule has 28 heavy (non-hydrogen) atoms. The number of carbonyl (C=O) groups excluding carboxylic acids is 1. The number of hydrogen-bond donors (Lipinski definition) is 4. The molecule has 5 nitrogen and oxygen atoms in total.